The van der Waals surface area contributed by atoms with Gasteiger partial charge in [-0.05, 0) is 35.9 Å². The third-order valence-electron chi connectivity index (χ3n) is 3.11. The quantitative estimate of drug-likeness (QED) is 0.557. The molecule has 0 atom stereocenters. The van der Waals surface area contributed by atoms with Crippen molar-refractivity contribution in [2.75, 3.05) is 0 Å². The van der Waals surface area contributed by atoms with Gasteiger partial charge in [0.05, 0.1) is 0 Å². The van der Waals surface area contributed by atoms with Crippen LogP contribution < -0.4 is 5.43 Å². The van der Waals surface area contributed by atoms with E-state index in [4.69, 9.17) is 9.52 Å². The smallest absolute Gasteiger partial charge is 0.328 e. The van der Waals surface area contributed by atoms with Crippen molar-refractivity contribution < 1.29 is 19.4 Å². The lowest BCUT2D eigenvalue weighted by Crippen LogP contribution is -1.99. The molecule has 0 aromatic heterocycles. The zero-order valence-electron chi connectivity index (χ0n) is 10.7. The summed E-state index contributed by atoms with van der Waals surface area (Å²) in [7, 11) is 0. The van der Waals surface area contributed by atoms with E-state index < -0.39 is 5.97 Å². The summed E-state index contributed by atoms with van der Waals surface area (Å²) >= 11 is 0. The van der Waals surface area contributed by atoms with Crippen LogP contribution in [0.25, 0.3) is 28.4 Å². The predicted molar refractivity (Wildman–Crippen MR) is 77.4 cm³/mol. The van der Waals surface area contributed by atoms with Crippen LogP contribution in [0.3, 0.4) is 0 Å². The third-order valence-corrected chi connectivity index (χ3v) is 3.11. The summed E-state index contributed by atoms with van der Waals surface area (Å²) in [5.41, 5.74) is 1.41. The van der Waals surface area contributed by atoms with E-state index in [9.17, 15) is 14.7 Å². The SMILES string of the molecule is O=C(O)/C=C/c1c2ccc(=O)cc-2oc2cc(O)ccc12. The van der Waals surface area contributed by atoms with Gasteiger partial charge in [0.1, 0.15) is 17.1 Å². The molecular formula is C16H10O5. The van der Waals surface area contributed by atoms with Crippen LogP contribution in [0, 0.1) is 0 Å². The van der Waals surface area contributed by atoms with Crippen molar-refractivity contribution in [2.45, 2.75) is 0 Å². The highest BCUT2D eigenvalue weighted by Gasteiger charge is 2.14. The average Bonchev–Trinajstić information content (AvgIpc) is 2.42. The highest BCUT2D eigenvalue weighted by Crippen LogP contribution is 2.34. The fourth-order valence-corrected chi connectivity index (χ4v) is 2.23. The molecule has 1 aromatic carbocycles. The number of hydrogen-bond acceptors (Lipinski definition) is 4. The van der Waals surface area contributed by atoms with Crippen LogP contribution in [0.2, 0.25) is 0 Å². The van der Waals surface area contributed by atoms with Gasteiger partial charge < -0.3 is 14.6 Å². The van der Waals surface area contributed by atoms with E-state index in [0.717, 1.165) is 6.08 Å². The maximum absolute atomic E-state index is 11.4. The zero-order valence-corrected chi connectivity index (χ0v) is 10.7. The first-order valence-electron chi connectivity index (χ1n) is 6.15. The summed E-state index contributed by atoms with van der Waals surface area (Å²) in [6.45, 7) is 0. The summed E-state index contributed by atoms with van der Waals surface area (Å²) in [6, 6.07) is 8.86. The molecule has 0 saturated heterocycles. The predicted octanol–water partition coefficient (Wildman–Crippen LogP) is 2.70. The van der Waals surface area contributed by atoms with E-state index in [1.54, 1.807) is 12.1 Å². The van der Waals surface area contributed by atoms with Crippen molar-refractivity contribution in [3.8, 4) is 17.1 Å². The Labute approximate surface area is 118 Å². The molecule has 0 unspecified atom stereocenters. The maximum atomic E-state index is 11.4. The molecule has 0 fully saturated rings. The molecule has 0 saturated carbocycles. The summed E-state index contributed by atoms with van der Waals surface area (Å²) in [4.78, 5) is 22.2. The Kier molecular flexibility index (Phi) is 2.95. The largest absolute Gasteiger partial charge is 0.508 e. The molecule has 1 heterocycles. The molecule has 2 aliphatic rings. The first-order valence-corrected chi connectivity index (χ1v) is 6.15. The number of aromatic hydroxyl groups is 1. The highest BCUT2D eigenvalue weighted by molar-refractivity contribution is 5.97. The number of hydrogen-bond donors (Lipinski definition) is 2. The Bertz CT molecular complexity index is 904. The van der Waals surface area contributed by atoms with Crippen molar-refractivity contribution in [1.82, 2.24) is 0 Å². The van der Waals surface area contributed by atoms with E-state index in [1.165, 1.54) is 30.3 Å². The number of aliphatic carboxylic acids is 1. The molecule has 1 aromatic rings. The second kappa shape index (κ2) is 4.79. The average molecular weight is 282 g/mol. The summed E-state index contributed by atoms with van der Waals surface area (Å²) in [5, 5.41) is 19.0. The fourth-order valence-electron chi connectivity index (χ4n) is 2.23. The number of carboxylic acid groups (broad SMARTS) is 1. The standard InChI is InChI=1S/C16H10O5/c17-9-1-3-12-11(5-6-16(19)20)13-4-2-10(18)8-15(13)21-14(12)7-9/h1-8,17H,(H,19,20)/b6-5+. The Morgan fingerprint density at radius 3 is 2.71 bits per heavy atom. The number of fused-ring (bicyclic) bond motifs is 2. The van der Waals surface area contributed by atoms with Gasteiger partial charge in [0, 0.05) is 29.2 Å². The molecule has 0 amide bonds. The van der Waals surface area contributed by atoms with Gasteiger partial charge in [-0.25, -0.2) is 4.79 Å². The van der Waals surface area contributed by atoms with Gasteiger partial charge in [-0.15, -0.1) is 0 Å². The number of rotatable bonds is 2. The number of carboxylic acids is 1. The molecule has 0 spiro atoms. The second-order valence-corrected chi connectivity index (χ2v) is 4.53. The molecule has 5 nitrogen and oxygen atoms in total. The Morgan fingerprint density at radius 2 is 1.95 bits per heavy atom. The minimum absolute atomic E-state index is 0.0250. The molecule has 0 radical (unpaired) electrons. The van der Waals surface area contributed by atoms with Crippen LogP contribution in [0.15, 0.2) is 51.7 Å². The second-order valence-electron chi connectivity index (χ2n) is 4.53. The van der Waals surface area contributed by atoms with Gasteiger partial charge >= 0.3 is 5.97 Å². The molecule has 1 aliphatic heterocycles. The maximum Gasteiger partial charge on any atom is 0.328 e. The van der Waals surface area contributed by atoms with Crippen LogP contribution in [-0.4, -0.2) is 16.2 Å². The number of carbonyl (C=O) groups is 1. The monoisotopic (exact) mass is 282 g/mol. The molecular weight excluding hydrogens is 272 g/mol. The molecule has 2 N–H and O–H groups in total. The Morgan fingerprint density at radius 1 is 1.14 bits per heavy atom. The summed E-state index contributed by atoms with van der Waals surface area (Å²) in [5.74, 6) is -0.709. The van der Waals surface area contributed by atoms with Gasteiger partial charge in [0.2, 0.25) is 0 Å². The summed E-state index contributed by atoms with van der Waals surface area (Å²) < 4.78 is 5.61. The lowest BCUT2D eigenvalue weighted by molar-refractivity contribution is -0.131. The third kappa shape index (κ3) is 2.36. The Hall–Kier alpha value is -3.08. The highest BCUT2D eigenvalue weighted by atomic mass is 16.4. The van der Waals surface area contributed by atoms with Crippen LogP contribution in [-0.2, 0) is 4.79 Å². The van der Waals surface area contributed by atoms with Crippen LogP contribution >= 0.6 is 0 Å². The molecule has 104 valence electrons. The molecule has 1 aliphatic carbocycles. The number of phenols is 1. The first kappa shape index (κ1) is 12.9. The fraction of sp³-hybridized carbons (Fsp3) is 0. The van der Waals surface area contributed by atoms with Crippen molar-refractivity contribution in [1.29, 1.82) is 0 Å². The minimum atomic E-state index is -1.07. The summed E-state index contributed by atoms with van der Waals surface area (Å²) in [6.07, 6.45) is 2.47. The molecule has 5 heteroatoms. The normalized spacial score (nSPS) is 11.4. The van der Waals surface area contributed by atoms with Crippen LogP contribution in [0.1, 0.15) is 5.56 Å². The van der Waals surface area contributed by atoms with E-state index in [0.29, 0.717) is 27.9 Å². The van der Waals surface area contributed by atoms with E-state index >= 15 is 0 Å². The minimum Gasteiger partial charge on any atom is -0.508 e. The van der Waals surface area contributed by atoms with E-state index in [1.807, 2.05) is 0 Å². The topological polar surface area (TPSA) is 87.7 Å². The Balaban J connectivity index is 2.43. The lowest BCUT2D eigenvalue weighted by atomic mass is 9.99. The van der Waals surface area contributed by atoms with Crippen molar-refractivity contribution in [3.63, 3.8) is 0 Å². The van der Waals surface area contributed by atoms with Gasteiger partial charge in [-0.1, -0.05) is 0 Å². The number of benzene rings is 2. The van der Waals surface area contributed by atoms with Gasteiger partial charge in [-0.3, -0.25) is 4.79 Å². The van der Waals surface area contributed by atoms with Gasteiger partial charge in [-0.2, -0.15) is 0 Å². The van der Waals surface area contributed by atoms with Crippen LogP contribution in [0.4, 0.5) is 0 Å². The van der Waals surface area contributed by atoms with E-state index in [2.05, 4.69) is 0 Å². The lowest BCUT2D eigenvalue weighted by Gasteiger charge is -2.11. The van der Waals surface area contributed by atoms with Crippen LogP contribution in [0.5, 0.6) is 5.75 Å². The van der Waals surface area contributed by atoms with Gasteiger partial charge in [0.15, 0.2) is 5.43 Å². The number of phenolic OH excluding ortho intramolecular Hbond substituents is 1. The first-order chi connectivity index (χ1) is 10.0. The van der Waals surface area contributed by atoms with E-state index in [-0.39, 0.29) is 11.2 Å². The zero-order chi connectivity index (χ0) is 15.0. The molecule has 3 rings (SSSR count). The van der Waals surface area contributed by atoms with Gasteiger partial charge in [0.25, 0.3) is 0 Å². The molecule has 21 heavy (non-hydrogen) atoms. The van der Waals surface area contributed by atoms with Crippen molar-refractivity contribution in [3.05, 3.63) is 58.3 Å². The van der Waals surface area contributed by atoms with Crippen molar-refractivity contribution in [2.24, 2.45) is 0 Å². The van der Waals surface area contributed by atoms with Crippen molar-refractivity contribution >= 4 is 23.0 Å². The molecule has 0 bridgehead atoms.